The molecule has 1 aliphatic heterocycles. The van der Waals surface area contributed by atoms with Crippen molar-refractivity contribution in [3.63, 3.8) is 0 Å². The molecule has 0 aromatic heterocycles. The fourth-order valence-electron chi connectivity index (χ4n) is 4.80. The third-order valence-electron chi connectivity index (χ3n) is 6.44. The van der Waals surface area contributed by atoms with Crippen molar-refractivity contribution >= 4 is 17.1 Å². The number of likely N-dealkylation sites (tertiary alicyclic amines) is 1. The lowest BCUT2D eigenvalue weighted by molar-refractivity contribution is -0.143. The van der Waals surface area contributed by atoms with E-state index in [1.807, 2.05) is 0 Å². The molecule has 1 heterocycles. The highest BCUT2D eigenvalue weighted by Crippen LogP contribution is 2.38. The van der Waals surface area contributed by atoms with Crippen LogP contribution < -0.4 is 21.5 Å². The summed E-state index contributed by atoms with van der Waals surface area (Å²) in [5.74, 6) is 0. The number of nitrogens with zero attached hydrogens (tertiary/aromatic N) is 1. The van der Waals surface area contributed by atoms with Crippen LogP contribution in [0.3, 0.4) is 0 Å². The summed E-state index contributed by atoms with van der Waals surface area (Å²) in [4.78, 5) is 26.7. The van der Waals surface area contributed by atoms with Crippen molar-refractivity contribution in [1.29, 1.82) is 0 Å². The first-order valence-corrected chi connectivity index (χ1v) is 10.9. The number of rotatable bonds is 5. The lowest BCUT2D eigenvalue weighted by Gasteiger charge is -2.39. The van der Waals surface area contributed by atoms with E-state index >= 15 is 0 Å². The van der Waals surface area contributed by atoms with Crippen LogP contribution in [0.5, 0.6) is 0 Å². The summed E-state index contributed by atoms with van der Waals surface area (Å²) in [6.45, 7) is 1.87. The molecule has 2 aliphatic rings. The second kappa shape index (κ2) is 8.66. The maximum absolute atomic E-state index is 13.1. The summed E-state index contributed by atoms with van der Waals surface area (Å²) >= 11 is 0. The Labute approximate surface area is 185 Å². The van der Waals surface area contributed by atoms with Crippen LogP contribution in [0, 0.1) is 0 Å². The van der Waals surface area contributed by atoms with E-state index in [0.717, 1.165) is 51.6 Å². The molecule has 0 radical (unpaired) electrons. The van der Waals surface area contributed by atoms with Gasteiger partial charge in [-0.15, -0.1) is 0 Å². The number of alkyl halides is 6. The molecule has 2 N–H and O–H groups in total. The van der Waals surface area contributed by atoms with Crippen molar-refractivity contribution in [2.24, 2.45) is 0 Å². The first-order valence-electron chi connectivity index (χ1n) is 10.9. The quantitative estimate of drug-likeness (QED) is 0.477. The largest absolute Gasteiger partial charge is 0.416 e. The van der Waals surface area contributed by atoms with Gasteiger partial charge in [-0.1, -0.05) is 12.8 Å². The molecule has 2 fully saturated rings. The van der Waals surface area contributed by atoms with E-state index in [0.29, 0.717) is 12.1 Å². The van der Waals surface area contributed by atoms with Crippen molar-refractivity contribution < 1.29 is 26.3 Å². The van der Waals surface area contributed by atoms with E-state index in [1.165, 1.54) is 0 Å². The van der Waals surface area contributed by atoms with Crippen LogP contribution >= 0.6 is 0 Å². The summed E-state index contributed by atoms with van der Waals surface area (Å²) in [6.07, 6.45) is -4.26. The monoisotopic (exact) mass is 475 g/mol. The minimum Gasteiger partial charge on any atom is -0.376 e. The molecule has 33 heavy (non-hydrogen) atoms. The van der Waals surface area contributed by atoms with Gasteiger partial charge in [0.05, 0.1) is 11.1 Å². The smallest absolute Gasteiger partial charge is 0.376 e. The molecule has 2 atom stereocenters. The molecule has 11 heteroatoms. The molecule has 2 unspecified atom stereocenters. The van der Waals surface area contributed by atoms with Gasteiger partial charge in [-0.2, -0.15) is 26.3 Å². The zero-order valence-electron chi connectivity index (χ0n) is 17.6. The second-order valence-corrected chi connectivity index (χ2v) is 8.67. The molecule has 1 aliphatic carbocycles. The number of hydrogen-bond acceptors (Lipinski definition) is 5. The fourth-order valence-corrected chi connectivity index (χ4v) is 4.80. The van der Waals surface area contributed by atoms with E-state index in [2.05, 4.69) is 15.5 Å². The average Bonchev–Trinajstić information content (AvgIpc) is 3.29. The molecule has 0 spiro atoms. The molecular weight excluding hydrogens is 452 g/mol. The van der Waals surface area contributed by atoms with Gasteiger partial charge in [0.2, 0.25) is 0 Å². The van der Waals surface area contributed by atoms with Crippen LogP contribution in [-0.2, 0) is 12.4 Å². The highest BCUT2D eigenvalue weighted by molar-refractivity contribution is 5.79. The maximum Gasteiger partial charge on any atom is 0.416 e. The van der Waals surface area contributed by atoms with Crippen LogP contribution in [0.15, 0.2) is 27.8 Å². The zero-order chi connectivity index (χ0) is 24.0. The van der Waals surface area contributed by atoms with Gasteiger partial charge in [0, 0.05) is 17.8 Å². The molecule has 0 bridgehead atoms. The summed E-state index contributed by atoms with van der Waals surface area (Å²) in [6, 6.07) is 1.01. The summed E-state index contributed by atoms with van der Waals surface area (Å²) in [7, 11) is 0. The first kappa shape index (κ1) is 23.6. The molecular formula is C22H23F6N3O2. The first-order chi connectivity index (χ1) is 15.4. The highest BCUT2D eigenvalue weighted by Gasteiger charge is 2.38. The normalized spacial score (nSPS) is 22.6. The lowest BCUT2D eigenvalue weighted by Crippen LogP contribution is -2.50. The summed E-state index contributed by atoms with van der Waals surface area (Å²) < 4.78 is 78.8. The van der Waals surface area contributed by atoms with Crippen molar-refractivity contribution in [2.75, 3.05) is 23.7 Å². The van der Waals surface area contributed by atoms with E-state index in [4.69, 9.17) is 0 Å². The SMILES string of the molecule is O=c1c(Nc2cc(C(F)(F)F)cc(C(F)(F)F)c2)c(NC2CCCCC2N2CCCC2)c1=O. The van der Waals surface area contributed by atoms with Gasteiger partial charge in [-0.05, 0) is 57.0 Å². The van der Waals surface area contributed by atoms with Crippen molar-refractivity contribution in [3.8, 4) is 0 Å². The summed E-state index contributed by atoms with van der Waals surface area (Å²) in [5.41, 5.74) is -5.76. The molecule has 1 saturated heterocycles. The molecule has 0 amide bonds. The van der Waals surface area contributed by atoms with E-state index < -0.39 is 40.0 Å². The van der Waals surface area contributed by atoms with Gasteiger partial charge in [0.15, 0.2) is 0 Å². The fraction of sp³-hybridized carbons (Fsp3) is 0.545. The third-order valence-corrected chi connectivity index (χ3v) is 6.44. The van der Waals surface area contributed by atoms with Crippen LogP contribution in [0.25, 0.3) is 0 Å². The predicted molar refractivity (Wildman–Crippen MR) is 112 cm³/mol. The standard InChI is InChI=1S/C22H23F6N3O2/c23-21(24,25)12-9-13(22(26,27)28)11-14(10-12)29-17-18(20(33)19(17)32)30-15-5-1-2-6-16(15)31-7-3-4-8-31/h9-11,15-16,29-30H,1-8H2. The Hall–Kier alpha value is -2.56. The Balaban J connectivity index is 1.61. The Morgan fingerprint density at radius 2 is 1.30 bits per heavy atom. The summed E-state index contributed by atoms with van der Waals surface area (Å²) in [5, 5.41) is 5.42. The minimum absolute atomic E-state index is 0.00907. The lowest BCUT2D eigenvalue weighted by atomic mass is 9.88. The number of anilines is 3. The second-order valence-electron chi connectivity index (χ2n) is 8.67. The highest BCUT2D eigenvalue weighted by atomic mass is 19.4. The van der Waals surface area contributed by atoms with Gasteiger partial charge in [-0.3, -0.25) is 14.5 Å². The van der Waals surface area contributed by atoms with Gasteiger partial charge in [0.25, 0.3) is 10.9 Å². The zero-order valence-corrected chi connectivity index (χ0v) is 17.6. The van der Waals surface area contributed by atoms with Crippen molar-refractivity contribution in [2.45, 2.75) is 63.0 Å². The molecule has 2 aromatic carbocycles. The predicted octanol–water partition coefficient (Wildman–Crippen LogP) is 4.88. The van der Waals surface area contributed by atoms with Crippen LogP contribution in [0.2, 0.25) is 0 Å². The Kier molecular flexibility index (Phi) is 6.19. The number of hydrogen-bond donors (Lipinski definition) is 2. The molecule has 180 valence electrons. The van der Waals surface area contributed by atoms with Gasteiger partial charge in [-0.25, -0.2) is 0 Å². The molecule has 1 saturated carbocycles. The third kappa shape index (κ3) is 4.87. The van der Waals surface area contributed by atoms with Crippen molar-refractivity contribution in [1.82, 2.24) is 4.90 Å². The van der Waals surface area contributed by atoms with E-state index in [-0.39, 0.29) is 29.5 Å². The van der Waals surface area contributed by atoms with E-state index in [9.17, 15) is 35.9 Å². The molecule has 5 nitrogen and oxygen atoms in total. The molecule has 2 aromatic rings. The van der Waals surface area contributed by atoms with E-state index in [1.54, 1.807) is 0 Å². The van der Waals surface area contributed by atoms with Gasteiger partial charge < -0.3 is 10.6 Å². The van der Waals surface area contributed by atoms with Crippen LogP contribution in [0.1, 0.15) is 49.7 Å². The van der Waals surface area contributed by atoms with Crippen LogP contribution in [-0.4, -0.2) is 30.1 Å². The molecule has 4 rings (SSSR count). The van der Waals surface area contributed by atoms with Crippen molar-refractivity contribution in [3.05, 3.63) is 49.8 Å². The minimum atomic E-state index is -5.02. The van der Waals surface area contributed by atoms with Crippen LogP contribution in [0.4, 0.5) is 43.4 Å². The van der Waals surface area contributed by atoms with Gasteiger partial charge in [0.1, 0.15) is 11.4 Å². The Bertz CT molecular complexity index is 1050. The number of nitrogens with one attached hydrogen (secondary N) is 2. The topological polar surface area (TPSA) is 61.4 Å². The average molecular weight is 475 g/mol. The van der Waals surface area contributed by atoms with Gasteiger partial charge >= 0.3 is 12.4 Å². The number of benzene rings is 1. The Morgan fingerprint density at radius 3 is 1.88 bits per heavy atom. The number of halogens is 6. The maximum atomic E-state index is 13.1. The Morgan fingerprint density at radius 1 is 0.758 bits per heavy atom.